The van der Waals surface area contributed by atoms with E-state index in [-0.39, 0.29) is 18.5 Å². The minimum atomic E-state index is -1.65. The van der Waals surface area contributed by atoms with Gasteiger partial charge in [-0.1, -0.05) is 6.08 Å². The molecule has 0 fully saturated rings. The lowest BCUT2D eigenvalue weighted by molar-refractivity contribution is -0.156. The highest BCUT2D eigenvalue weighted by Gasteiger charge is 2.23. The van der Waals surface area contributed by atoms with Crippen LogP contribution in [0.5, 0.6) is 0 Å². The molecule has 0 bridgehead atoms. The van der Waals surface area contributed by atoms with Gasteiger partial charge < -0.3 is 9.16 Å². The molecule has 94 valence electrons. The molecule has 0 rings (SSSR count). The molecular formula is C12H24O3Si. The van der Waals surface area contributed by atoms with Gasteiger partial charge in [-0.3, -0.25) is 4.79 Å². The molecule has 0 aromatic carbocycles. The summed E-state index contributed by atoms with van der Waals surface area (Å²) >= 11 is 0. The minimum absolute atomic E-state index is 0.235. The summed E-state index contributed by atoms with van der Waals surface area (Å²) < 4.78 is 11.0. The molecule has 4 heteroatoms. The summed E-state index contributed by atoms with van der Waals surface area (Å²) in [5.41, 5.74) is -0.442. The number of rotatable bonds is 5. The van der Waals surface area contributed by atoms with Crippen molar-refractivity contribution in [2.75, 3.05) is 0 Å². The second-order valence-electron chi connectivity index (χ2n) is 5.79. The highest BCUT2D eigenvalue weighted by atomic mass is 28.4. The Morgan fingerprint density at radius 1 is 1.38 bits per heavy atom. The number of hydrogen-bond acceptors (Lipinski definition) is 3. The van der Waals surface area contributed by atoms with Crippen LogP contribution in [0.2, 0.25) is 19.6 Å². The van der Waals surface area contributed by atoms with Crippen molar-refractivity contribution in [3.63, 3.8) is 0 Å². The first-order chi connectivity index (χ1) is 7.03. The fraction of sp³-hybridized carbons (Fsp3) is 0.750. The average molecular weight is 244 g/mol. The molecule has 0 unspecified atom stereocenters. The van der Waals surface area contributed by atoms with Gasteiger partial charge in [-0.15, -0.1) is 6.58 Å². The molecule has 0 aromatic heterocycles. The fourth-order valence-corrected chi connectivity index (χ4v) is 2.26. The van der Waals surface area contributed by atoms with E-state index in [1.807, 2.05) is 20.8 Å². The average Bonchev–Trinajstić information content (AvgIpc) is 1.96. The lowest BCUT2D eigenvalue weighted by Crippen LogP contribution is -2.34. The Labute approximate surface area is 100.0 Å². The lowest BCUT2D eigenvalue weighted by atomic mass is 10.2. The van der Waals surface area contributed by atoms with Crippen LogP contribution in [0.1, 0.15) is 27.2 Å². The highest BCUT2D eigenvalue weighted by molar-refractivity contribution is 6.69. The molecule has 0 aliphatic rings. The normalized spacial score (nSPS) is 14.4. The van der Waals surface area contributed by atoms with Crippen LogP contribution >= 0.6 is 0 Å². The van der Waals surface area contributed by atoms with Gasteiger partial charge in [0.2, 0.25) is 0 Å². The predicted molar refractivity (Wildman–Crippen MR) is 68.9 cm³/mol. The van der Waals surface area contributed by atoms with Gasteiger partial charge in [-0.2, -0.15) is 0 Å². The number of hydrogen-bond donors (Lipinski definition) is 0. The van der Waals surface area contributed by atoms with Gasteiger partial charge in [0, 0.05) is 0 Å². The molecule has 0 saturated heterocycles. The SMILES string of the molecule is C=C[C@@H](CC(=O)OC(C)(C)C)O[Si](C)(C)C. The quantitative estimate of drug-likeness (QED) is 0.423. The van der Waals surface area contributed by atoms with Crippen LogP contribution < -0.4 is 0 Å². The Morgan fingerprint density at radius 2 is 1.88 bits per heavy atom. The van der Waals surface area contributed by atoms with E-state index >= 15 is 0 Å². The largest absolute Gasteiger partial charge is 0.460 e. The van der Waals surface area contributed by atoms with Crippen molar-refractivity contribution in [3.05, 3.63) is 12.7 Å². The van der Waals surface area contributed by atoms with E-state index in [2.05, 4.69) is 26.2 Å². The van der Waals surface area contributed by atoms with Crippen LogP contribution in [-0.4, -0.2) is 26.0 Å². The molecule has 0 amide bonds. The van der Waals surface area contributed by atoms with Crippen molar-refractivity contribution < 1.29 is 14.0 Å². The smallest absolute Gasteiger partial charge is 0.309 e. The van der Waals surface area contributed by atoms with Crippen molar-refractivity contribution in [1.82, 2.24) is 0 Å². The summed E-state index contributed by atoms with van der Waals surface area (Å²) in [5, 5.41) is 0. The van der Waals surface area contributed by atoms with Crippen LogP contribution in [0.25, 0.3) is 0 Å². The molecule has 0 saturated carbocycles. The van der Waals surface area contributed by atoms with E-state index in [9.17, 15) is 4.79 Å². The number of esters is 1. The Bertz CT molecular complexity index is 248. The van der Waals surface area contributed by atoms with Crippen LogP contribution in [0.15, 0.2) is 12.7 Å². The zero-order valence-corrected chi connectivity index (χ0v) is 12.3. The minimum Gasteiger partial charge on any atom is -0.460 e. The third kappa shape index (κ3) is 8.68. The summed E-state index contributed by atoms with van der Waals surface area (Å²) in [6.07, 6.45) is 1.68. The molecule has 16 heavy (non-hydrogen) atoms. The first-order valence-electron chi connectivity index (χ1n) is 5.56. The topological polar surface area (TPSA) is 35.5 Å². The van der Waals surface area contributed by atoms with E-state index in [1.165, 1.54) is 0 Å². The summed E-state index contributed by atoms with van der Waals surface area (Å²) in [5.74, 6) is -0.240. The van der Waals surface area contributed by atoms with Gasteiger partial charge in [0.15, 0.2) is 8.32 Å². The van der Waals surface area contributed by atoms with E-state index in [4.69, 9.17) is 9.16 Å². The maximum absolute atomic E-state index is 11.6. The second kappa shape index (κ2) is 5.64. The van der Waals surface area contributed by atoms with E-state index in [1.54, 1.807) is 6.08 Å². The predicted octanol–water partition coefficient (Wildman–Crippen LogP) is 3.12. The monoisotopic (exact) mass is 244 g/mol. The Hall–Kier alpha value is -0.613. The summed E-state index contributed by atoms with van der Waals surface area (Å²) in [6.45, 7) is 15.5. The van der Waals surface area contributed by atoms with Crippen molar-refractivity contribution in [3.8, 4) is 0 Å². The van der Waals surface area contributed by atoms with Gasteiger partial charge in [0.05, 0.1) is 12.5 Å². The Morgan fingerprint density at radius 3 is 2.19 bits per heavy atom. The highest BCUT2D eigenvalue weighted by Crippen LogP contribution is 2.14. The van der Waals surface area contributed by atoms with E-state index < -0.39 is 13.9 Å². The van der Waals surface area contributed by atoms with Gasteiger partial charge >= 0.3 is 5.97 Å². The molecule has 3 nitrogen and oxygen atoms in total. The fourth-order valence-electron chi connectivity index (χ4n) is 1.17. The maximum Gasteiger partial charge on any atom is 0.309 e. The molecule has 0 aliphatic carbocycles. The van der Waals surface area contributed by atoms with Crippen molar-refractivity contribution in [2.45, 2.75) is 58.5 Å². The number of ether oxygens (including phenoxy) is 1. The van der Waals surface area contributed by atoms with Crippen molar-refractivity contribution in [2.24, 2.45) is 0 Å². The lowest BCUT2D eigenvalue weighted by Gasteiger charge is -2.25. The zero-order chi connectivity index (χ0) is 13.0. The first kappa shape index (κ1) is 15.4. The van der Waals surface area contributed by atoms with E-state index in [0.717, 1.165) is 0 Å². The first-order valence-corrected chi connectivity index (χ1v) is 8.96. The Kier molecular flexibility index (Phi) is 5.42. The molecule has 0 heterocycles. The van der Waals surface area contributed by atoms with Crippen LogP contribution in [-0.2, 0) is 14.0 Å². The second-order valence-corrected chi connectivity index (χ2v) is 10.3. The molecule has 0 aliphatic heterocycles. The Balaban J connectivity index is 4.24. The van der Waals surface area contributed by atoms with Gasteiger partial charge in [-0.25, -0.2) is 0 Å². The molecular weight excluding hydrogens is 220 g/mol. The van der Waals surface area contributed by atoms with Gasteiger partial charge in [0.1, 0.15) is 5.60 Å². The van der Waals surface area contributed by atoms with E-state index in [0.29, 0.717) is 0 Å². The van der Waals surface area contributed by atoms with Crippen molar-refractivity contribution in [1.29, 1.82) is 0 Å². The number of carbonyl (C=O) groups is 1. The third-order valence-electron chi connectivity index (χ3n) is 1.56. The summed E-state index contributed by atoms with van der Waals surface area (Å²) in [7, 11) is -1.65. The third-order valence-corrected chi connectivity index (χ3v) is 2.57. The summed E-state index contributed by atoms with van der Waals surface area (Å²) in [6, 6.07) is 0. The molecule has 0 aromatic rings. The van der Waals surface area contributed by atoms with Gasteiger partial charge in [0.25, 0.3) is 0 Å². The maximum atomic E-state index is 11.6. The molecule has 0 N–H and O–H groups in total. The van der Waals surface area contributed by atoms with Crippen LogP contribution in [0.3, 0.4) is 0 Å². The van der Waals surface area contributed by atoms with Crippen molar-refractivity contribution >= 4 is 14.3 Å². The molecule has 1 atom stereocenters. The molecule has 0 radical (unpaired) electrons. The van der Waals surface area contributed by atoms with Crippen LogP contribution in [0, 0.1) is 0 Å². The number of carbonyl (C=O) groups excluding carboxylic acids is 1. The van der Waals surface area contributed by atoms with Gasteiger partial charge in [-0.05, 0) is 40.4 Å². The summed E-state index contributed by atoms with van der Waals surface area (Å²) in [4.78, 5) is 11.6. The zero-order valence-electron chi connectivity index (χ0n) is 11.3. The molecule has 0 spiro atoms. The van der Waals surface area contributed by atoms with Crippen LogP contribution in [0.4, 0.5) is 0 Å². The standard InChI is InChI=1S/C12H24O3Si/c1-8-10(15-16(5,6)7)9-11(13)14-12(2,3)4/h8,10H,1,9H2,2-7H3/t10-/m0/s1.